The zero-order chi connectivity index (χ0) is 35.4. The third-order valence-corrected chi connectivity index (χ3v) is 9.32. The maximum atomic E-state index is 14.3. The van der Waals surface area contributed by atoms with Crippen molar-refractivity contribution in [2.24, 2.45) is 17.6 Å². The number of hydrogen-bond acceptors (Lipinski definition) is 12. The standard InChI is InChI=1S/C34H38N4O10/c1-6-48-22(39)14-36-33(46)16-9-7-8-15(10-16)18-13-21(37(2)3)19-11-17-12-20-26(38(4)5)29(42)25(32(35)45)31(44)34(20,47)30(43)23(17)28(41)24(19)27(18)40/h7-10,13,17,20,26,40,42-43,47H,6,11-12,14H2,1-5H3,(H2,35,45)(H,36,46)/t17-,20-,26-,34+/m1/s1. The highest BCUT2D eigenvalue weighted by molar-refractivity contribution is 6.25. The van der Waals surface area contributed by atoms with Gasteiger partial charge in [-0.3, -0.25) is 28.9 Å². The van der Waals surface area contributed by atoms with Crippen LogP contribution in [0, 0.1) is 11.8 Å². The molecule has 48 heavy (non-hydrogen) atoms. The van der Waals surface area contributed by atoms with Gasteiger partial charge in [0.25, 0.3) is 11.8 Å². The minimum Gasteiger partial charge on any atom is -0.510 e. The summed E-state index contributed by atoms with van der Waals surface area (Å²) in [5, 5.41) is 48.6. The second-order valence-electron chi connectivity index (χ2n) is 12.6. The van der Waals surface area contributed by atoms with E-state index in [0.29, 0.717) is 16.8 Å². The number of nitrogens with one attached hydrogen (secondary N) is 1. The monoisotopic (exact) mass is 662 g/mol. The number of carbonyl (C=O) groups excluding carboxylic acids is 5. The molecule has 0 aromatic heterocycles. The highest BCUT2D eigenvalue weighted by atomic mass is 16.5. The Bertz CT molecular complexity index is 1830. The highest BCUT2D eigenvalue weighted by Crippen LogP contribution is 2.54. The van der Waals surface area contributed by atoms with Crippen molar-refractivity contribution in [3.05, 3.63) is 69.7 Å². The lowest BCUT2D eigenvalue weighted by Gasteiger charge is -2.50. The SMILES string of the molecule is CCOC(=O)CNC(=O)c1cccc(-c2cc(N(C)C)c3c(c2O)C(=O)C2=C(O)[C@]4(O)C(=O)C(C(N)=O)=C(O)[C@H](N(C)C)[C@H]4C[C@H]2C3)c1. The quantitative estimate of drug-likeness (QED) is 0.173. The molecule has 14 heteroatoms. The van der Waals surface area contributed by atoms with E-state index in [0.717, 1.165) is 0 Å². The fourth-order valence-electron chi connectivity index (χ4n) is 7.21. The summed E-state index contributed by atoms with van der Waals surface area (Å²) in [5.41, 5.74) is 3.07. The minimum atomic E-state index is -2.76. The molecule has 0 saturated heterocycles. The molecule has 3 aliphatic rings. The number of ketones is 2. The Hall–Kier alpha value is -5.21. The number of benzene rings is 2. The van der Waals surface area contributed by atoms with Crippen molar-refractivity contribution >= 4 is 35.0 Å². The molecule has 0 radical (unpaired) electrons. The zero-order valence-electron chi connectivity index (χ0n) is 27.2. The van der Waals surface area contributed by atoms with E-state index in [1.165, 1.54) is 17.0 Å². The normalized spacial score (nSPS) is 23.4. The first-order valence-corrected chi connectivity index (χ1v) is 15.3. The number of Topliss-reactive ketones (excluding diaryl/α,β-unsaturated/α-hetero) is 2. The number of nitrogens with zero attached hydrogens (tertiary/aromatic N) is 2. The first kappa shape index (κ1) is 34.1. The third kappa shape index (κ3) is 5.26. The van der Waals surface area contributed by atoms with E-state index < -0.39 is 75.7 Å². The predicted molar refractivity (Wildman–Crippen MR) is 172 cm³/mol. The Morgan fingerprint density at radius 3 is 2.38 bits per heavy atom. The van der Waals surface area contributed by atoms with Crippen molar-refractivity contribution < 1.29 is 49.1 Å². The second-order valence-corrected chi connectivity index (χ2v) is 12.6. The van der Waals surface area contributed by atoms with Gasteiger partial charge in [-0.25, -0.2) is 0 Å². The Kier molecular flexibility index (Phi) is 8.84. The molecule has 14 nitrogen and oxygen atoms in total. The van der Waals surface area contributed by atoms with Gasteiger partial charge in [-0.05, 0) is 69.1 Å². The van der Waals surface area contributed by atoms with Crippen molar-refractivity contribution in [3.63, 3.8) is 0 Å². The summed E-state index contributed by atoms with van der Waals surface area (Å²) in [6.07, 6.45) is 0.0797. The first-order chi connectivity index (χ1) is 22.6. The maximum absolute atomic E-state index is 14.3. The molecule has 4 atom stereocenters. The Morgan fingerprint density at radius 1 is 1.08 bits per heavy atom. The number of aliphatic hydroxyl groups is 3. The number of ether oxygens (including phenoxy) is 1. The molecule has 3 aliphatic carbocycles. The number of nitrogens with two attached hydrogens (primary N) is 1. The Labute approximate surface area is 276 Å². The number of hydrogen-bond donors (Lipinski definition) is 6. The number of aromatic hydroxyl groups is 1. The van der Waals surface area contributed by atoms with Gasteiger partial charge < -0.3 is 41.1 Å². The maximum Gasteiger partial charge on any atom is 0.325 e. The molecule has 0 bridgehead atoms. The second kappa shape index (κ2) is 12.4. The Balaban J connectivity index is 1.64. The number of allylic oxidation sites excluding steroid dienone is 1. The summed E-state index contributed by atoms with van der Waals surface area (Å²) in [6.45, 7) is 1.46. The molecular formula is C34H38N4O10. The van der Waals surface area contributed by atoms with Crippen molar-refractivity contribution in [3.8, 4) is 16.9 Å². The van der Waals surface area contributed by atoms with Gasteiger partial charge in [-0.1, -0.05) is 12.1 Å². The van der Waals surface area contributed by atoms with E-state index in [9.17, 15) is 44.4 Å². The number of primary amides is 1. The number of amides is 2. The topological polar surface area (TPSA) is 220 Å². The number of phenols is 1. The molecule has 0 unspecified atom stereocenters. The van der Waals surface area contributed by atoms with Crippen LogP contribution in [0.15, 0.2) is 53.0 Å². The lowest BCUT2D eigenvalue weighted by atomic mass is 9.58. The third-order valence-electron chi connectivity index (χ3n) is 9.32. The molecule has 0 fully saturated rings. The van der Waals surface area contributed by atoms with Crippen LogP contribution in [0.3, 0.4) is 0 Å². The van der Waals surface area contributed by atoms with Crippen molar-refractivity contribution in [1.82, 2.24) is 10.2 Å². The average molecular weight is 663 g/mol. The van der Waals surface area contributed by atoms with E-state index in [-0.39, 0.29) is 48.3 Å². The number of anilines is 1. The number of esters is 1. The van der Waals surface area contributed by atoms with Crippen molar-refractivity contribution in [1.29, 1.82) is 0 Å². The van der Waals surface area contributed by atoms with Gasteiger partial charge in [0.05, 0.1) is 18.2 Å². The van der Waals surface area contributed by atoms with Crippen LogP contribution in [0.1, 0.15) is 39.6 Å². The average Bonchev–Trinajstić information content (AvgIpc) is 3.01. The van der Waals surface area contributed by atoms with Gasteiger partial charge in [-0.15, -0.1) is 0 Å². The van der Waals surface area contributed by atoms with Crippen LogP contribution < -0.4 is 16.0 Å². The summed E-state index contributed by atoms with van der Waals surface area (Å²) >= 11 is 0. The molecule has 2 aromatic rings. The summed E-state index contributed by atoms with van der Waals surface area (Å²) in [7, 11) is 6.63. The van der Waals surface area contributed by atoms with Crippen LogP contribution in [-0.4, -0.2) is 108 Å². The molecule has 2 amide bonds. The lowest BCUT2D eigenvalue weighted by Crippen LogP contribution is -2.63. The zero-order valence-corrected chi connectivity index (χ0v) is 27.2. The van der Waals surface area contributed by atoms with E-state index in [2.05, 4.69) is 5.32 Å². The van der Waals surface area contributed by atoms with E-state index in [4.69, 9.17) is 10.5 Å². The van der Waals surface area contributed by atoms with Gasteiger partial charge in [-0.2, -0.15) is 0 Å². The van der Waals surface area contributed by atoms with Crippen LogP contribution in [0.5, 0.6) is 5.75 Å². The number of aliphatic hydroxyl groups excluding tert-OH is 2. The van der Waals surface area contributed by atoms with Crippen LogP contribution >= 0.6 is 0 Å². The molecule has 7 N–H and O–H groups in total. The number of carbonyl (C=O) groups is 5. The number of phenolic OH excluding ortho intramolecular Hbond substituents is 1. The molecular weight excluding hydrogens is 624 g/mol. The molecule has 2 aromatic carbocycles. The van der Waals surface area contributed by atoms with Gasteiger partial charge in [0.2, 0.25) is 5.78 Å². The molecule has 0 saturated carbocycles. The van der Waals surface area contributed by atoms with Crippen LogP contribution in [0.25, 0.3) is 11.1 Å². The van der Waals surface area contributed by atoms with Crippen molar-refractivity contribution in [2.75, 3.05) is 46.2 Å². The first-order valence-electron chi connectivity index (χ1n) is 15.3. The molecule has 0 aliphatic heterocycles. The van der Waals surface area contributed by atoms with Crippen LogP contribution in [-0.2, 0) is 25.5 Å². The molecule has 5 rings (SSSR count). The largest absolute Gasteiger partial charge is 0.510 e. The molecule has 254 valence electrons. The van der Waals surface area contributed by atoms with Gasteiger partial charge in [0.15, 0.2) is 11.4 Å². The van der Waals surface area contributed by atoms with Crippen LogP contribution in [0.2, 0.25) is 0 Å². The fourth-order valence-corrected chi connectivity index (χ4v) is 7.21. The highest BCUT2D eigenvalue weighted by Gasteiger charge is 2.63. The van der Waals surface area contributed by atoms with E-state index >= 15 is 0 Å². The minimum absolute atomic E-state index is 0.0376. The molecule has 0 spiro atoms. The van der Waals surface area contributed by atoms with Gasteiger partial charge in [0.1, 0.15) is 29.4 Å². The smallest absolute Gasteiger partial charge is 0.325 e. The predicted octanol–water partition coefficient (Wildman–Crippen LogP) is 1.15. The van der Waals surface area contributed by atoms with Crippen LogP contribution in [0.4, 0.5) is 5.69 Å². The summed E-state index contributed by atoms with van der Waals surface area (Å²) < 4.78 is 4.84. The van der Waals surface area contributed by atoms with Gasteiger partial charge in [0, 0.05) is 42.4 Å². The van der Waals surface area contributed by atoms with E-state index in [1.807, 2.05) is 0 Å². The lowest BCUT2D eigenvalue weighted by molar-refractivity contribution is -0.148. The van der Waals surface area contributed by atoms with Gasteiger partial charge >= 0.3 is 5.97 Å². The Morgan fingerprint density at radius 2 is 1.77 bits per heavy atom. The summed E-state index contributed by atoms with van der Waals surface area (Å²) in [5.74, 6) is -8.55. The number of rotatable bonds is 8. The number of likely N-dealkylation sites (N-methyl/N-ethyl adjacent to an activating group) is 1. The summed E-state index contributed by atoms with van der Waals surface area (Å²) in [6, 6.07) is 6.76. The number of fused-ring (bicyclic) bond motifs is 3. The summed E-state index contributed by atoms with van der Waals surface area (Å²) in [4.78, 5) is 68.0. The van der Waals surface area contributed by atoms with E-state index in [1.54, 1.807) is 58.2 Å². The van der Waals surface area contributed by atoms with Crippen molar-refractivity contribution in [2.45, 2.75) is 31.4 Å². The fraction of sp³-hybridized carbons (Fsp3) is 0.382. The molecule has 0 heterocycles.